The Labute approximate surface area is 236 Å². The van der Waals surface area contributed by atoms with Crippen LogP contribution in [0, 0.1) is 5.92 Å². The second-order valence-electron chi connectivity index (χ2n) is 11.4. The molecule has 214 valence electrons. The maximum absolute atomic E-state index is 13.0. The van der Waals surface area contributed by atoms with Gasteiger partial charge in [-0.3, -0.25) is 4.79 Å². The highest BCUT2D eigenvalue weighted by Gasteiger charge is 2.43. The molecule has 0 saturated heterocycles. The first-order valence-electron chi connectivity index (χ1n) is 14.6. The molecule has 9 nitrogen and oxygen atoms in total. The highest BCUT2D eigenvalue weighted by Crippen LogP contribution is 2.37. The lowest BCUT2D eigenvalue weighted by molar-refractivity contribution is -0.126. The minimum Gasteiger partial charge on any atom is -0.445 e. The Bertz CT molecular complexity index is 1270. The van der Waals surface area contributed by atoms with Crippen LogP contribution in [0.25, 0.3) is 11.0 Å². The molecule has 1 aromatic heterocycles. The molecule has 2 aromatic carbocycles. The smallest absolute Gasteiger partial charge is 0.408 e. The van der Waals surface area contributed by atoms with E-state index in [4.69, 9.17) is 15.5 Å². The third-order valence-corrected chi connectivity index (χ3v) is 8.60. The van der Waals surface area contributed by atoms with Crippen LogP contribution in [0.3, 0.4) is 0 Å². The van der Waals surface area contributed by atoms with Gasteiger partial charge in [0.2, 0.25) is 5.91 Å². The summed E-state index contributed by atoms with van der Waals surface area (Å²) in [5, 5.41) is 9.45. The molecule has 3 atom stereocenters. The van der Waals surface area contributed by atoms with E-state index in [1.165, 1.54) is 6.42 Å². The van der Waals surface area contributed by atoms with Crippen molar-refractivity contribution >= 4 is 23.0 Å². The number of carbonyl (C=O) groups is 2. The molecular weight excluding hydrogens is 504 g/mol. The Morgan fingerprint density at radius 2 is 1.85 bits per heavy atom. The van der Waals surface area contributed by atoms with Crippen molar-refractivity contribution in [2.75, 3.05) is 13.6 Å². The van der Waals surface area contributed by atoms with E-state index in [1.54, 1.807) is 7.05 Å². The lowest BCUT2D eigenvalue weighted by Crippen LogP contribution is -2.59. The molecule has 2 aliphatic rings. The van der Waals surface area contributed by atoms with Crippen LogP contribution >= 0.6 is 0 Å². The highest BCUT2D eigenvalue weighted by molar-refractivity contribution is 5.89. The van der Waals surface area contributed by atoms with Crippen LogP contribution in [0.4, 0.5) is 4.79 Å². The fourth-order valence-electron chi connectivity index (χ4n) is 6.20. The summed E-state index contributed by atoms with van der Waals surface area (Å²) in [6.45, 7) is 2.85. The highest BCUT2D eigenvalue weighted by atomic mass is 16.5. The Morgan fingerprint density at radius 1 is 1.12 bits per heavy atom. The maximum atomic E-state index is 13.0. The number of hydrogen-bond acceptors (Lipinski definition) is 6. The van der Waals surface area contributed by atoms with Crippen molar-refractivity contribution in [3.63, 3.8) is 0 Å². The van der Waals surface area contributed by atoms with Crippen LogP contribution < -0.4 is 21.7 Å². The molecule has 9 heteroatoms. The van der Waals surface area contributed by atoms with Crippen molar-refractivity contribution in [1.29, 1.82) is 0 Å². The van der Waals surface area contributed by atoms with E-state index in [2.05, 4.69) is 33.1 Å². The Morgan fingerprint density at radius 3 is 2.55 bits per heavy atom. The number of nitrogens with two attached hydrogens (primary N) is 1. The van der Waals surface area contributed by atoms with Gasteiger partial charge in [-0.1, -0.05) is 56.5 Å². The minimum absolute atomic E-state index is 0.00678. The average molecular weight is 547 g/mol. The van der Waals surface area contributed by atoms with Crippen LogP contribution in [-0.4, -0.2) is 47.1 Å². The zero-order valence-electron chi connectivity index (χ0n) is 23.6. The fraction of sp³-hybridized carbons (Fsp3) is 0.516. The molecule has 2 unspecified atom stereocenters. The fourth-order valence-corrected chi connectivity index (χ4v) is 6.20. The number of ether oxygens (including phenoxy) is 1. The molecule has 1 fully saturated rings. The van der Waals surface area contributed by atoms with Gasteiger partial charge in [0, 0.05) is 32.5 Å². The molecular formula is C31H42N6O3. The Kier molecular flexibility index (Phi) is 8.71. The molecule has 1 saturated carbocycles. The van der Waals surface area contributed by atoms with E-state index in [9.17, 15) is 9.59 Å². The molecule has 0 bridgehead atoms. The molecule has 2 aliphatic carbocycles. The predicted molar refractivity (Wildman–Crippen MR) is 156 cm³/mol. The molecule has 0 aliphatic heterocycles. The second kappa shape index (κ2) is 12.4. The number of fused-ring (bicyclic) bond motifs is 2. The van der Waals surface area contributed by atoms with Gasteiger partial charge in [-0.2, -0.15) is 0 Å². The summed E-state index contributed by atoms with van der Waals surface area (Å²) in [7, 11) is 1.68. The number of amides is 2. The van der Waals surface area contributed by atoms with Crippen LogP contribution in [0.1, 0.15) is 74.0 Å². The molecule has 6 N–H and O–H groups in total. The number of hydrogen-bond donors (Lipinski definition) is 5. The van der Waals surface area contributed by atoms with E-state index in [0.29, 0.717) is 25.3 Å². The summed E-state index contributed by atoms with van der Waals surface area (Å²) in [6, 6.07) is 13.6. The number of alkyl carbamates (subject to hydrolysis) is 1. The summed E-state index contributed by atoms with van der Waals surface area (Å²) in [5.41, 5.74) is 10.4. The monoisotopic (exact) mass is 546 g/mol. The van der Waals surface area contributed by atoms with Gasteiger partial charge in [-0.25, -0.2) is 9.78 Å². The average Bonchev–Trinajstić information content (AvgIpc) is 3.57. The van der Waals surface area contributed by atoms with E-state index >= 15 is 0 Å². The first-order valence-corrected chi connectivity index (χ1v) is 14.6. The van der Waals surface area contributed by atoms with Gasteiger partial charge in [0.1, 0.15) is 18.0 Å². The topological polar surface area (TPSA) is 134 Å². The van der Waals surface area contributed by atoms with Gasteiger partial charge in [0.25, 0.3) is 0 Å². The molecule has 5 rings (SSSR count). The number of nitrogens with zero attached hydrogens (tertiary/aromatic N) is 1. The van der Waals surface area contributed by atoms with E-state index in [-0.39, 0.29) is 24.6 Å². The van der Waals surface area contributed by atoms with Crippen LogP contribution in [0.5, 0.6) is 0 Å². The third-order valence-electron chi connectivity index (χ3n) is 8.60. The zero-order valence-corrected chi connectivity index (χ0v) is 23.6. The third kappa shape index (κ3) is 6.15. The van der Waals surface area contributed by atoms with Gasteiger partial charge >= 0.3 is 6.09 Å². The first-order chi connectivity index (χ1) is 19.4. The normalized spacial score (nSPS) is 18.2. The number of H-pyrrole nitrogens is 1. The number of aromatic amines is 1. The lowest BCUT2D eigenvalue weighted by Gasteiger charge is -2.30. The minimum atomic E-state index is -0.722. The molecule has 0 spiro atoms. The van der Waals surface area contributed by atoms with Crippen molar-refractivity contribution < 1.29 is 14.3 Å². The number of benzene rings is 2. The predicted octanol–water partition coefficient (Wildman–Crippen LogP) is 4.02. The summed E-state index contributed by atoms with van der Waals surface area (Å²) in [4.78, 5) is 34.4. The van der Waals surface area contributed by atoms with E-state index in [1.807, 2.05) is 37.3 Å². The molecule has 2 amide bonds. The van der Waals surface area contributed by atoms with Gasteiger partial charge in [0.15, 0.2) is 0 Å². The summed E-state index contributed by atoms with van der Waals surface area (Å²) in [6.07, 6.45) is 7.16. The van der Waals surface area contributed by atoms with Gasteiger partial charge in [-0.05, 0) is 54.0 Å². The van der Waals surface area contributed by atoms with Crippen LogP contribution in [0.2, 0.25) is 0 Å². The maximum Gasteiger partial charge on any atom is 0.408 e. The van der Waals surface area contributed by atoms with Crippen molar-refractivity contribution in [3.05, 3.63) is 65.0 Å². The Hall–Kier alpha value is -3.43. The van der Waals surface area contributed by atoms with Crippen molar-refractivity contribution in [2.45, 2.75) is 82.5 Å². The standard InChI is InChI=1S/C31H42N6O3/c1-3-24(32)18-34-31(29(38)33-2)16-22-14-25-26(15-23(22)17-31)36-28(35-25)27(21-12-8-5-9-13-21)37-30(39)40-19-20-10-6-4-7-11-20/h4,6-7,10-11,14-15,21,24,27,34H,3,5,8-9,12-13,16-19,32H2,1-2H3,(H,33,38)(H,35,36)(H,37,39)/t24-,27?/m1/s1. The SMILES string of the molecule is CC[C@@H](N)CNC1(C(=O)NC)Cc2cc3nc(C(NC(=O)OCc4ccccc4)C4CCCCC4)[nH]c3cc2C1. The first kappa shape index (κ1) is 28.1. The van der Waals surface area contributed by atoms with Crippen LogP contribution in [0.15, 0.2) is 42.5 Å². The van der Waals surface area contributed by atoms with Crippen LogP contribution in [-0.2, 0) is 29.0 Å². The number of carbonyl (C=O) groups excluding carboxylic acids is 2. The summed E-state index contributed by atoms with van der Waals surface area (Å²) >= 11 is 0. The van der Waals surface area contributed by atoms with E-state index in [0.717, 1.165) is 65.7 Å². The Balaban J connectivity index is 1.36. The van der Waals surface area contributed by atoms with Crippen molar-refractivity contribution in [3.8, 4) is 0 Å². The van der Waals surface area contributed by atoms with Gasteiger partial charge in [-0.15, -0.1) is 0 Å². The quantitative estimate of drug-likeness (QED) is 0.261. The molecule has 40 heavy (non-hydrogen) atoms. The summed E-state index contributed by atoms with van der Waals surface area (Å²) in [5.74, 6) is 1.02. The molecule has 1 heterocycles. The lowest BCUT2D eigenvalue weighted by atomic mass is 9.83. The second-order valence-corrected chi connectivity index (χ2v) is 11.4. The van der Waals surface area contributed by atoms with E-state index < -0.39 is 11.6 Å². The van der Waals surface area contributed by atoms with Gasteiger partial charge < -0.3 is 31.4 Å². The van der Waals surface area contributed by atoms with Crippen molar-refractivity contribution in [2.24, 2.45) is 11.7 Å². The number of nitrogens with one attached hydrogen (secondary N) is 4. The largest absolute Gasteiger partial charge is 0.445 e. The number of imidazole rings is 1. The molecule has 3 aromatic rings. The number of likely N-dealkylation sites (N-methyl/N-ethyl adjacent to an activating group) is 1. The van der Waals surface area contributed by atoms with Crippen molar-refractivity contribution in [1.82, 2.24) is 25.9 Å². The number of aromatic nitrogens is 2. The summed E-state index contributed by atoms with van der Waals surface area (Å²) < 4.78 is 5.57. The number of rotatable bonds is 10. The zero-order chi connectivity index (χ0) is 28.1. The molecule has 0 radical (unpaired) electrons. The van der Waals surface area contributed by atoms with Gasteiger partial charge in [0.05, 0.1) is 17.1 Å².